The highest BCUT2D eigenvalue weighted by Crippen LogP contribution is 2.24. The first kappa shape index (κ1) is 13.2. The van der Waals surface area contributed by atoms with E-state index in [0.717, 1.165) is 10.7 Å². The molecule has 0 aromatic carbocycles. The van der Waals surface area contributed by atoms with Gasteiger partial charge in [0.05, 0.1) is 18.3 Å². The first-order chi connectivity index (χ1) is 8.36. The van der Waals surface area contributed by atoms with Crippen molar-refractivity contribution < 1.29 is 0 Å². The number of nitrogens with zero attached hydrogens (tertiary/aromatic N) is 4. The molecule has 1 atom stereocenters. The standard InChI is InChI=1S/C12H19N5S/c1-8(13)11-14-7-17(16-11)5-10-15-9(6-18-10)12(2,3)4/h6-8H,5,13H2,1-4H3. The van der Waals surface area contributed by atoms with Crippen molar-refractivity contribution in [3.05, 3.63) is 28.2 Å². The van der Waals surface area contributed by atoms with E-state index in [2.05, 4.69) is 41.2 Å². The zero-order valence-corrected chi connectivity index (χ0v) is 12.0. The van der Waals surface area contributed by atoms with Crippen molar-refractivity contribution in [3.63, 3.8) is 0 Å². The summed E-state index contributed by atoms with van der Waals surface area (Å²) in [7, 11) is 0. The van der Waals surface area contributed by atoms with Gasteiger partial charge in [0.25, 0.3) is 0 Å². The number of thiazole rings is 1. The van der Waals surface area contributed by atoms with Crippen molar-refractivity contribution >= 4 is 11.3 Å². The van der Waals surface area contributed by atoms with Gasteiger partial charge < -0.3 is 5.73 Å². The van der Waals surface area contributed by atoms with E-state index in [1.54, 1.807) is 22.3 Å². The lowest BCUT2D eigenvalue weighted by molar-refractivity contribution is 0.567. The van der Waals surface area contributed by atoms with Crippen LogP contribution < -0.4 is 5.73 Å². The fraction of sp³-hybridized carbons (Fsp3) is 0.583. The first-order valence-electron chi connectivity index (χ1n) is 5.96. The molecule has 0 fully saturated rings. The number of hydrogen-bond acceptors (Lipinski definition) is 5. The topological polar surface area (TPSA) is 69.6 Å². The molecule has 2 rings (SSSR count). The zero-order valence-electron chi connectivity index (χ0n) is 11.2. The molecule has 0 spiro atoms. The van der Waals surface area contributed by atoms with Gasteiger partial charge in [-0.3, -0.25) is 0 Å². The Labute approximate surface area is 111 Å². The molecule has 0 aliphatic heterocycles. The minimum atomic E-state index is -0.132. The second-order valence-electron chi connectivity index (χ2n) is 5.47. The van der Waals surface area contributed by atoms with E-state index in [-0.39, 0.29) is 11.5 Å². The van der Waals surface area contributed by atoms with Crippen LogP contribution in [0.5, 0.6) is 0 Å². The first-order valence-corrected chi connectivity index (χ1v) is 6.84. The third kappa shape index (κ3) is 2.94. The van der Waals surface area contributed by atoms with Gasteiger partial charge in [-0.15, -0.1) is 11.3 Å². The predicted molar refractivity (Wildman–Crippen MR) is 72.5 cm³/mol. The molecule has 6 heteroatoms. The van der Waals surface area contributed by atoms with Gasteiger partial charge in [-0.05, 0) is 6.92 Å². The Bertz CT molecular complexity index is 521. The van der Waals surface area contributed by atoms with E-state index in [1.807, 2.05) is 6.92 Å². The summed E-state index contributed by atoms with van der Waals surface area (Å²) in [6.07, 6.45) is 1.71. The number of nitrogens with two attached hydrogens (primary N) is 1. The largest absolute Gasteiger partial charge is 0.321 e. The van der Waals surface area contributed by atoms with Gasteiger partial charge in [-0.1, -0.05) is 20.8 Å². The third-order valence-corrected chi connectivity index (χ3v) is 3.41. The minimum Gasteiger partial charge on any atom is -0.321 e. The van der Waals surface area contributed by atoms with Gasteiger partial charge in [0.15, 0.2) is 5.82 Å². The molecule has 18 heavy (non-hydrogen) atoms. The quantitative estimate of drug-likeness (QED) is 0.922. The molecule has 0 amide bonds. The van der Waals surface area contributed by atoms with Crippen LogP contribution in [0.4, 0.5) is 0 Å². The summed E-state index contributed by atoms with van der Waals surface area (Å²) in [5.74, 6) is 0.669. The van der Waals surface area contributed by atoms with Gasteiger partial charge in [-0.25, -0.2) is 14.6 Å². The Morgan fingerprint density at radius 1 is 1.44 bits per heavy atom. The van der Waals surface area contributed by atoms with Crippen LogP contribution in [0.1, 0.15) is 50.3 Å². The van der Waals surface area contributed by atoms with Crippen molar-refractivity contribution in [2.75, 3.05) is 0 Å². The normalized spacial score (nSPS) is 13.8. The fourth-order valence-electron chi connectivity index (χ4n) is 1.46. The predicted octanol–water partition coefficient (Wildman–Crippen LogP) is 2.10. The van der Waals surface area contributed by atoms with E-state index >= 15 is 0 Å². The molecule has 0 radical (unpaired) electrons. The molecule has 0 aliphatic carbocycles. The lowest BCUT2D eigenvalue weighted by Gasteiger charge is -2.14. The summed E-state index contributed by atoms with van der Waals surface area (Å²) in [6.45, 7) is 9.02. The van der Waals surface area contributed by atoms with Gasteiger partial charge in [0.1, 0.15) is 11.3 Å². The average molecular weight is 265 g/mol. The monoisotopic (exact) mass is 265 g/mol. The van der Waals surface area contributed by atoms with Crippen LogP contribution >= 0.6 is 11.3 Å². The molecule has 2 N–H and O–H groups in total. The summed E-state index contributed by atoms with van der Waals surface area (Å²) in [5, 5.41) is 7.48. The van der Waals surface area contributed by atoms with Gasteiger partial charge in [0.2, 0.25) is 0 Å². The maximum Gasteiger partial charge on any atom is 0.166 e. The molecule has 1 unspecified atom stereocenters. The van der Waals surface area contributed by atoms with Crippen LogP contribution in [0.2, 0.25) is 0 Å². The van der Waals surface area contributed by atoms with Crippen LogP contribution in [0, 0.1) is 0 Å². The fourth-order valence-corrected chi connectivity index (χ4v) is 2.47. The summed E-state index contributed by atoms with van der Waals surface area (Å²) < 4.78 is 1.78. The van der Waals surface area contributed by atoms with Crippen molar-refractivity contribution in [2.45, 2.75) is 45.7 Å². The highest BCUT2D eigenvalue weighted by molar-refractivity contribution is 7.09. The summed E-state index contributed by atoms with van der Waals surface area (Å²) in [4.78, 5) is 8.80. The van der Waals surface area contributed by atoms with Crippen LogP contribution in [-0.2, 0) is 12.0 Å². The Balaban J connectivity index is 2.11. The Kier molecular flexibility index (Phi) is 3.49. The van der Waals surface area contributed by atoms with Gasteiger partial charge in [0, 0.05) is 10.8 Å². The van der Waals surface area contributed by atoms with Crippen LogP contribution in [0.3, 0.4) is 0 Å². The third-order valence-electron chi connectivity index (χ3n) is 2.58. The highest BCUT2D eigenvalue weighted by Gasteiger charge is 2.17. The second kappa shape index (κ2) is 4.78. The maximum atomic E-state index is 5.73. The molecule has 0 aliphatic rings. The molecule has 5 nitrogen and oxygen atoms in total. The molecule has 0 bridgehead atoms. The van der Waals surface area contributed by atoms with Crippen molar-refractivity contribution in [1.29, 1.82) is 0 Å². The van der Waals surface area contributed by atoms with Crippen molar-refractivity contribution in [3.8, 4) is 0 Å². The SMILES string of the molecule is CC(N)c1ncn(Cc2nc(C(C)(C)C)cs2)n1. The zero-order chi connectivity index (χ0) is 13.3. The summed E-state index contributed by atoms with van der Waals surface area (Å²) in [6, 6.07) is -0.132. The average Bonchev–Trinajstić information content (AvgIpc) is 2.85. The molecule has 2 aromatic rings. The van der Waals surface area contributed by atoms with E-state index < -0.39 is 0 Å². The Morgan fingerprint density at radius 3 is 2.67 bits per heavy atom. The molecule has 2 aromatic heterocycles. The van der Waals surface area contributed by atoms with Crippen LogP contribution in [-0.4, -0.2) is 19.7 Å². The molecule has 98 valence electrons. The van der Waals surface area contributed by atoms with E-state index in [4.69, 9.17) is 5.73 Å². The Morgan fingerprint density at radius 2 is 2.17 bits per heavy atom. The van der Waals surface area contributed by atoms with E-state index in [1.165, 1.54) is 0 Å². The minimum absolute atomic E-state index is 0.0913. The lowest BCUT2D eigenvalue weighted by Crippen LogP contribution is -2.12. The number of aromatic nitrogens is 4. The maximum absolute atomic E-state index is 5.73. The second-order valence-corrected chi connectivity index (χ2v) is 6.41. The smallest absolute Gasteiger partial charge is 0.166 e. The number of rotatable bonds is 3. The van der Waals surface area contributed by atoms with Crippen molar-refractivity contribution in [2.24, 2.45) is 5.73 Å². The summed E-state index contributed by atoms with van der Waals surface area (Å²) >= 11 is 1.66. The number of hydrogen-bond donors (Lipinski definition) is 1. The molecular weight excluding hydrogens is 246 g/mol. The van der Waals surface area contributed by atoms with E-state index in [0.29, 0.717) is 12.4 Å². The van der Waals surface area contributed by atoms with Crippen molar-refractivity contribution in [1.82, 2.24) is 19.7 Å². The summed E-state index contributed by atoms with van der Waals surface area (Å²) in [5.41, 5.74) is 6.94. The van der Waals surface area contributed by atoms with Gasteiger partial charge >= 0.3 is 0 Å². The molecular formula is C12H19N5S. The highest BCUT2D eigenvalue weighted by atomic mass is 32.1. The van der Waals surface area contributed by atoms with Crippen LogP contribution in [0.15, 0.2) is 11.7 Å². The molecule has 2 heterocycles. The van der Waals surface area contributed by atoms with Gasteiger partial charge in [-0.2, -0.15) is 5.10 Å². The Hall–Kier alpha value is -1.27. The lowest BCUT2D eigenvalue weighted by atomic mass is 9.93. The van der Waals surface area contributed by atoms with E-state index in [9.17, 15) is 0 Å². The van der Waals surface area contributed by atoms with Crippen LogP contribution in [0.25, 0.3) is 0 Å². The molecule has 0 saturated carbocycles. The molecule has 0 saturated heterocycles.